The molecule has 8 heteroatoms. The number of halogens is 2. The summed E-state index contributed by atoms with van der Waals surface area (Å²) in [6.45, 7) is 1.69. The minimum absolute atomic E-state index is 0. The van der Waals surface area contributed by atoms with Crippen LogP contribution in [0.15, 0.2) is 54.9 Å². The van der Waals surface area contributed by atoms with Gasteiger partial charge in [0.25, 0.3) is 5.91 Å². The van der Waals surface area contributed by atoms with E-state index in [4.69, 9.17) is 0 Å². The Hall–Kier alpha value is -2.15. The first-order chi connectivity index (χ1) is 12.6. The summed E-state index contributed by atoms with van der Waals surface area (Å²) in [6, 6.07) is 12.2. The van der Waals surface area contributed by atoms with Crippen molar-refractivity contribution >= 4 is 36.6 Å². The lowest BCUT2D eigenvalue weighted by atomic mass is 10.0. The second kappa shape index (κ2) is 11.6. The van der Waals surface area contributed by atoms with Gasteiger partial charge < -0.3 is 15.5 Å². The third-order valence-corrected chi connectivity index (χ3v) is 4.73. The number of aromatic nitrogens is 1. The fourth-order valence-electron chi connectivity index (χ4n) is 3.18. The first-order valence-electron chi connectivity index (χ1n) is 8.87. The van der Waals surface area contributed by atoms with E-state index in [9.17, 15) is 9.59 Å². The number of nitrogens with one attached hydrogen (secondary N) is 2. The van der Waals surface area contributed by atoms with Crippen molar-refractivity contribution in [2.24, 2.45) is 0 Å². The molecule has 0 saturated carbocycles. The van der Waals surface area contributed by atoms with Crippen LogP contribution in [0.4, 0.5) is 0 Å². The number of likely N-dealkylation sites (N-methyl/N-ethyl adjacent to an activating group) is 1. The number of hydrogen-bond donors (Lipinski definition) is 2. The van der Waals surface area contributed by atoms with Crippen LogP contribution in [0.2, 0.25) is 0 Å². The van der Waals surface area contributed by atoms with Gasteiger partial charge in [-0.2, -0.15) is 0 Å². The van der Waals surface area contributed by atoms with Gasteiger partial charge in [-0.15, -0.1) is 24.8 Å². The van der Waals surface area contributed by atoms with Crippen LogP contribution in [0, 0.1) is 0 Å². The van der Waals surface area contributed by atoms with Crippen LogP contribution in [0.5, 0.6) is 0 Å². The minimum atomic E-state index is -0.627. The summed E-state index contributed by atoms with van der Waals surface area (Å²) in [6.07, 6.45) is 4.76. The molecule has 0 bridgehead atoms. The number of benzene rings is 1. The van der Waals surface area contributed by atoms with Gasteiger partial charge in [-0.05, 0) is 36.7 Å². The second-order valence-electron chi connectivity index (χ2n) is 6.55. The third-order valence-electron chi connectivity index (χ3n) is 4.73. The van der Waals surface area contributed by atoms with Gasteiger partial charge >= 0.3 is 0 Å². The smallest absolute Gasteiger partial charge is 0.251 e. The van der Waals surface area contributed by atoms with Gasteiger partial charge in [0.15, 0.2) is 0 Å². The number of pyridine rings is 1. The van der Waals surface area contributed by atoms with E-state index in [-0.39, 0.29) is 42.7 Å². The molecule has 2 unspecified atom stereocenters. The summed E-state index contributed by atoms with van der Waals surface area (Å²) < 4.78 is 0. The first kappa shape index (κ1) is 23.9. The lowest BCUT2D eigenvalue weighted by molar-refractivity contribution is -0.133. The summed E-state index contributed by atoms with van der Waals surface area (Å²) in [5.41, 5.74) is 1.46. The van der Waals surface area contributed by atoms with E-state index in [1.165, 1.54) is 0 Å². The van der Waals surface area contributed by atoms with E-state index in [1.807, 2.05) is 37.4 Å². The quantitative estimate of drug-likeness (QED) is 0.744. The van der Waals surface area contributed by atoms with Gasteiger partial charge in [-0.25, -0.2) is 0 Å². The Labute approximate surface area is 177 Å². The van der Waals surface area contributed by atoms with Crippen LogP contribution in [0.3, 0.4) is 0 Å². The zero-order valence-electron chi connectivity index (χ0n) is 15.7. The molecule has 1 aromatic heterocycles. The lowest BCUT2D eigenvalue weighted by Gasteiger charge is -2.29. The van der Waals surface area contributed by atoms with E-state index in [1.54, 1.807) is 29.4 Å². The Kier molecular flexibility index (Phi) is 9.93. The van der Waals surface area contributed by atoms with Crippen LogP contribution in [-0.2, 0) is 11.2 Å². The first-order valence-corrected chi connectivity index (χ1v) is 8.87. The predicted molar refractivity (Wildman–Crippen MR) is 114 cm³/mol. The van der Waals surface area contributed by atoms with Crippen molar-refractivity contribution in [2.75, 3.05) is 20.1 Å². The van der Waals surface area contributed by atoms with Crippen LogP contribution in [-0.4, -0.2) is 53.9 Å². The third kappa shape index (κ3) is 6.19. The molecule has 0 spiro atoms. The van der Waals surface area contributed by atoms with Crippen molar-refractivity contribution in [3.8, 4) is 0 Å². The normalized spacial score (nSPS) is 16.2. The molecule has 1 fully saturated rings. The van der Waals surface area contributed by atoms with Crippen molar-refractivity contribution in [1.82, 2.24) is 20.5 Å². The Morgan fingerprint density at radius 1 is 1.21 bits per heavy atom. The maximum atomic E-state index is 13.1. The molecule has 1 aromatic carbocycles. The van der Waals surface area contributed by atoms with Gasteiger partial charge in [-0.1, -0.05) is 24.3 Å². The summed E-state index contributed by atoms with van der Waals surface area (Å²) in [4.78, 5) is 31.5. The average Bonchev–Trinajstić information content (AvgIpc) is 3.22. The van der Waals surface area contributed by atoms with Crippen molar-refractivity contribution < 1.29 is 9.59 Å². The van der Waals surface area contributed by atoms with E-state index in [2.05, 4.69) is 15.6 Å². The van der Waals surface area contributed by atoms with Gasteiger partial charge in [0, 0.05) is 44.0 Å². The molecule has 3 rings (SSSR count). The summed E-state index contributed by atoms with van der Waals surface area (Å²) in [5.74, 6) is -0.322. The molecular weight excluding hydrogens is 399 g/mol. The van der Waals surface area contributed by atoms with Crippen LogP contribution >= 0.6 is 24.8 Å². The van der Waals surface area contributed by atoms with Crippen molar-refractivity contribution in [1.29, 1.82) is 0 Å². The Balaban J connectivity index is 0.00000196. The fraction of sp³-hybridized carbons (Fsp3) is 0.350. The largest absolute Gasteiger partial charge is 0.340 e. The average molecular weight is 425 g/mol. The zero-order valence-corrected chi connectivity index (χ0v) is 17.3. The second-order valence-corrected chi connectivity index (χ2v) is 6.55. The molecule has 28 heavy (non-hydrogen) atoms. The van der Waals surface area contributed by atoms with Crippen molar-refractivity contribution in [3.05, 3.63) is 66.0 Å². The molecule has 152 valence electrons. The fourth-order valence-corrected chi connectivity index (χ4v) is 3.18. The number of carbonyl (C=O) groups is 2. The maximum Gasteiger partial charge on any atom is 0.251 e. The monoisotopic (exact) mass is 424 g/mol. The Bertz CT molecular complexity index is 740. The predicted octanol–water partition coefficient (Wildman–Crippen LogP) is 2.09. The van der Waals surface area contributed by atoms with Gasteiger partial charge in [-0.3, -0.25) is 14.6 Å². The SMILES string of the molecule is CN(C(=O)C(Cc1cccnc1)NC(=O)c1ccccc1)C1CCNC1.Cl.Cl. The van der Waals surface area contributed by atoms with Crippen molar-refractivity contribution in [3.63, 3.8) is 0 Å². The lowest BCUT2D eigenvalue weighted by Crippen LogP contribution is -2.51. The number of nitrogens with zero attached hydrogens (tertiary/aromatic N) is 2. The van der Waals surface area contributed by atoms with Crippen LogP contribution in [0.25, 0.3) is 0 Å². The standard InChI is InChI=1S/C20H24N4O2.2ClH/c1-24(17-9-11-22-14-17)20(26)18(12-15-6-5-10-21-13-15)23-19(25)16-7-3-2-4-8-16;;/h2-8,10,13,17-18,22H,9,11-12,14H2,1H3,(H,23,25);2*1H. The molecule has 2 atom stereocenters. The number of amides is 2. The van der Waals surface area contributed by atoms with Crippen LogP contribution in [0.1, 0.15) is 22.3 Å². The molecular formula is C20H26Cl2N4O2. The molecule has 6 nitrogen and oxygen atoms in total. The van der Waals surface area contributed by atoms with E-state index >= 15 is 0 Å². The molecule has 0 radical (unpaired) electrons. The molecule has 2 amide bonds. The van der Waals surface area contributed by atoms with Gasteiger partial charge in [0.05, 0.1) is 0 Å². The highest BCUT2D eigenvalue weighted by molar-refractivity contribution is 5.97. The number of rotatable bonds is 6. The molecule has 2 heterocycles. The van der Waals surface area contributed by atoms with E-state index in [0.29, 0.717) is 12.0 Å². The Morgan fingerprint density at radius 3 is 2.57 bits per heavy atom. The van der Waals surface area contributed by atoms with E-state index < -0.39 is 6.04 Å². The highest BCUT2D eigenvalue weighted by Gasteiger charge is 2.30. The topological polar surface area (TPSA) is 74.3 Å². The molecule has 0 aliphatic carbocycles. The Morgan fingerprint density at radius 2 is 1.96 bits per heavy atom. The number of carbonyl (C=O) groups excluding carboxylic acids is 2. The van der Waals surface area contributed by atoms with Crippen molar-refractivity contribution in [2.45, 2.75) is 24.9 Å². The summed E-state index contributed by atoms with van der Waals surface area (Å²) in [5, 5.41) is 6.18. The number of hydrogen-bond acceptors (Lipinski definition) is 4. The molecule has 1 saturated heterocycles. The van der Waals surface area contributed by atoms with Gasteiger partial charge in [0.1, 0.15) is 6.04 Å². The molecule has 2 N–H and O–H groups in total. The summed E-state index contributed by atoms with van der Waals surface area (Å²) in [7, 11) is 1.81. The van der Waals surface area contributed by atoms with Crippen LogP contribution < -0.4 is 10.6 Å². The zero-order chi connectivity index (χ0) is 18.4. The van der Waals surface area contributed by atoms with Gasteiger partial charge in [0.2, 0.25) is 5.91 Å². The maximum absolute atomic E-state index is 13.1. The minimum Gasteiger partial charge on any atom is -0.340 e. The molecule has 1 aliphatic rings. The molecule has 1 aliphatic heterocycles. The molecule has 2 aromatic rings. The summed E-state index contributed by atoms with van der Waals surface area (Å²) >= 11 is 0. The highest BCUT2D eigenvalue weighted by atomic mass is 35.5. The highest BCUT2D eigenvalue weighted by Crippen LogP contribution is 2.11. The van der Waals surface area contributed by atoms with E-state index in [0.717, 1.165) is 25.1 Å².